The molecule has 3 nitrogen and oxygen atoms in total. The van der Waals surface area contributed by atoms with Gasteiger partial charge in [-0.1, -0.05) is 51.3 Å². The SMILES string of the molecule is CCC(C)(CCCC(C)C)OS(=O)(=O)c1ccc(C)cc1. The van der Waals surface area contributed by atoms with Gasteiger partial charge in [0.2, 0.25) is 0 Å². The number of rotatable bonds is 8. The normalized spacial score (nSPS) is 15.1. The molecular formula is C17H28O3S. The van der Waals surface area contributed by atoms with Gasteiger partial charge in [-0.25, -0.2) is 0 Å². The van der Waals surface area contributed by atoms with Crippen molar-refractivity contribution >= 4 is 10.1 Å². The maximum atomic E-state index is 12.4. The van der Waals surface area contributed by atoms with Crippen LogP contribution in [-0.4, -0.2) is 14.0 Å². The van der Waals surface area contributed by atoms with E-state index in [1.807, 2.05) is 20.8 Å². The quantitative estimate of drug-likeness (QED) is 0.654. The summed E-state index contributed by atoms with van der Waals surface area (Å²) in [4.78, 5) is 0.233. The highest BCUT2D eigenvalue weighted by Crippen LogP contribution is 2.28. The monoisotopic (exact) mass is 312 g/mol. The van der Waals surface area contributed by atoms with Gasteiger partial charge in [0.15, 0.2) is 0 Å². The molecule has 0 bridgehead atoms. The summed E-state index contributed by atoms with van der Waals surface area (Å²) in [6.07, 6.45) is 3.50. The third-order valence-corrected chi connectivity index (χ3v) is 5.33. The fourth-order valence-corrected chi connectivity index (χ4v) is 3.48. The van der Waals surface area contributed by atoms with Crippen molar-refractivity contribution in [2.75, 3.05) is 0 Å². The summed E-state index contributed by atoms with van der Waals surface area (Å²) in [6.45, 7) is 10.1. The Morgan fingerprint density at radius 1 is 1.19 bits per heavy atom. The van der Waals surface area contributed by atoms with Gasteiger partial charge >= 0.3 is 0 Å². The van der Waals surface area contributed by atoms with E-state index >= 15 is 0 Å². The van der Waals surface area contributed by atoms with Crippen LogP contribution in [-0.2, 0) is 14.3 Å². The molecule has 0 radical (unpaired) electrons. The Kier molecular flexibility index (Phi) is 6.41. The van der Waals surface area contributed by atoms with Gasteiger partial charge in [-0.2, -0.15) is 8.42 Å². The lowest BCUT2D eigenvalue weighted by Gasteiger charge is -2.28. The minimum Gasteiger partial charge on any atom is -0.260 e. The van der Waals surface area contributed by atoms with Gasteiger partial charge in [-0.15, -0.1) is 0 Å². The van der Waals surface area contributed by atoms with E-state index in [1.165, 1.54) is 0 Å². The minimum atomic E-state index is -3.70. The molecule has 0 saturated carbocycles. The first-order valence-corrected chi connectivity index (χ1v) is 9.12. The summed E-state index contributed by atoms with van der Waals surface area (Å²) in [5.41, 5.74) is 0.405. The summed E-state index contributed by atoms with van der Waals surface area (Å²) < 4.78 is 30.3. The molecule has 0 fully saturated rings. The zero-order chi connectivity index (χ0) is 16.1. The van der Waals surface area contributed by atoms with Crippen molar-refractivity contribution in [2.45, 2.75) is 70.8 Å². The molecular weight excluding hydrogens is 284 g/mol. The summed E-state index contributed by atoms with van der Waals surface area (Å²) in [7, 11) is -3.70. The molecule has 0 aliphatic rings. The average Bonchev–Trinajstić information content (AvgIpc) is 2.38. The van der Waals surface area contributed by atoms with Crippen LogP contribution < -0.4 is 0 Å². The van der Waals surface area contributed by atoms with Gasteiger partial charge in [0.25, 0.3) is 10.1 Å². The smallest absolute Gasteiger partial charge is 0.260 e. The number of hydrogen-bond acceptors (Lipinski definition) is 3. The molecule has 0 spiro atoms. The van der Waals surface area contributed by atoms with Crippen LogP contribution in [0.4, 0.5) is 0 Å². The van der Waals surface area contributed by atoms with E-state index in [0.717, 1.165) is 24.8 Å². The molecule has 0 N–H and O–H groups in total. The van der Waals surface area contributed by atoms with E-state index in [1.54, 1.807) is 24.3 Å². The predicted octanol–water partition coefficient (Wildman–Crippen LogP) is 4.70. The van der Waals surface area contributed by atoms with Crippen LogP contribution >= 0.6 is 0 Å². The molecule has 21 heavy (non-hydrogen) atoms. The first-order valence-electron chi connectivity index (χ1n) is 7.71. The zero-order valence-corrected chi connectivity index (χ0v) is 14.7. The Bertz CT molecular complexity index is 532. The molecule has 1 rings (SSSR count). The minimum absolute atomic E-state index is 0.233. The van der Waals surface area contributed by atoms with Crippen LogP contribution in [0.3, 0.4) is 0 Å². The highest BCUT2D eigenvalue weighted by molar-refractivity contribution is 7.86. The van der Waals surface area contributed by atoms with Gasteiger partial charge in [-0.3, -0.25) is 4.18 Å². The highest BCUT2D eigenvalue weighted by Gasteiger charge is 2.30. The zero-order valence-electron chi connectivity index (χ0n) is 13.8. The summed E-state index contributed by atoms with van der Waals surface area (Å²) >= 11 is 0. The van der Waals surface area contributed by atoms with Crippen LogP contribution in [0.5, 0.6) is 0 Å². The molecule has 0 aromatic heterocycles. The molecule has 1 unspecified atom stereocenters. The lowest BCUT2D eigenvalue weighted by molar-refractivity contribution is 0.0787. The van der Waals surface area contributed by atoms with E-state index in [-0.39, 0.29) is 4.90 Å². The molecule has 1 atom stereocenters. The van der Waals surface area contributed by atoms with Crippen molar-refractivity contribution < 1.29 is 12.6 Å². The molecule has 4 heteroatoms. The van der Waals surface area contributed by atoms with Crippen LogP contribution in [0, 0.1) is 12.8 Å². The molecule has 120 valence electrons. The molecule has 0 heterocycles. The van der Waals surface area contributed by atoms with Crippen LogP contribution in [0.1, 0.15) is 58.9 Å². The average molecular weight is 312 g/mol. The standard InChI is InChI=1S/C17H28O3S/c1-6-17(5,13-7-8-14(2)3)20-21(18,19)16-11-9-15(4)10-12-16/h9-12,14H,6-8,13H2,1-5H3. The number of hydrogen-bond donors (Lipinski definition) is 0. The van der Waals surface area contributed by atoms with Crippen LogP contribution in [0.2, 0.25) is 0 Å². The maximum absolute atomic E-state index is 12.4. The summed E-state index contributed by atoms with van der Waals surface area (Å²) in [5, 5.41) is 0. The van der Waals surface area contributed by atoms with Crippen molar-refractivity contribution in [1.82, 2.24) is 0 Å². The Hall–Kier alpha value is -0.870. The van der Waals surface area contributed by atoms with Crippen molar-refractivity contribution in [3.8, 4) is 0 Å². The Balaban J connectivity index is 2.80. The van der Waals surface area contributed by atoms with Crippen molar-refractivity contribution in [3.05, 3.63) is 29.8 Å². The first kappa shape index (κ1) is 18.2. The number of aryl methyl sites for hydroxylation is 1. The lowest BCUT2D eigenvalue weighted by atomic mass is 9.94. The second-order valence-corrected chi connectivity index (χ2v) is 7.99. The first-order chi connectivity index (χ1) is 9.68. The topological polar surface area (TPSA) is 43.4 Å². The lowest BCUT2D eigenvalue weighted by Crippen LogP contribution is -2.31. The third kappa shape index (κ3) is 5.79. The van der Waals surface area contributed by atoms with Crippen molar-refractivity contribution in [3.63, 3.8) is 0 Å². The Morgan fingerprint density at radius 2 is 1.76 bits per heavy atom. The van der Waals surface area contributed by atoms with Crippen molar-refractivity contribution in [1.29, 1.82) is 0 Å². The van der Waals surface area contributed by atoms with Crippen LogP contribution in [0.15, 0.2) is 29.2 Å². The summed E-state index contributed by atoms with van der Waals surface area (Å²) in [6, 6.07) is 6.79. The van der Waals surface area contributed by atoms with Crippen molar-refractivity contribution in [2.24, 2.45) is 5.92 Å². The molecule has 0 saturated heterocycles. The largest absolute Gasteiger partial charge is 0.297 e. The molecule has 0 aliphatic heterocycles. The molecule has 1 aromatic carbocycles. The second-order valence-electron chi connectivity index (χ2n) is 6.44. The second kappa shape index (κ2) is 7.41. The van der Waals surface area contributed by atoms with Gasteiger partial charge in [0, 0.05) is 0 Å². The molecule has 1 aromatic rings. The van der Waals surface area contributed by atoms with Gasteiger partial charge in [0.1, 0.15) is 0 Å². The third-order valence-electron chi connectivity index (χ3n) is 3.86. The van der Waals surface area contributed by atoms with E-state index in [9.17, 15) is 8.42 Å². The van der Waals surface area contributed by atoms with Gasteiger partial charge in [0.05, 0.1) is 10.5 Å². The molecule has 0 aliphatic carbocycles. The van der Waals surface area contributed by atoms with Gasteiger partial charge < -0.3 is 0 Å². The van der Waals surface area contributed by atoms with E-state index in [2.05, 4.69) is 13.8 Å². The van der Waals surface area contributed by atoms with Gasteiger partial charge in [-0.05, 0) is 44.7 Å². The van der Waals surface area contributed by atoms with E-state index in [4.69, 9.17) is 4.18 Å². The highest BCUT2D eigenvalue weighted by atomic mass is 32.2. The molecule has 0 amide bonds. The number of benzene rings is 1. The van der Waals surface area contributed by atoms with E-state index in [0.29, 0.717) is 12.3 Å². The van der Waals surface area contributed by atoms with Crippen LogP contribution in [0.25, 0.3) is 0 Å². The predicted molar refractivity (Wildman–Crippen MR) is 86.8 cm³/mol. The maximum Gasteiger partial charge on any atom is 0.297 e. The fraction of sp³-hybridized carbons (Fsp3) is 0.647. The van der Waals surface area contributed by atoms with E-state index < -0.39 is 15.7 Å². The summed E-state index contributed by atoms with van der Waals surface area (Å²) in [5.74, 6) is 0.625. The fourth-order valence-electron chi connectivity index (χ4n) is 2.18. The Morgan fingerprint density at radius 3 is 2.24 bits per heavy atom. The Labute approximate surface area is 129 Å².